The van der Waals surface area contributed by atoms with E-state index in [1.54, 1.807) is 7.05 Å². The Hall–Kier alpha value is -2.15. The molecule has 8 heteroatoms. The van der Waals surface area contributed by atoms with Crippen LogP contribution < -0.4 is 5.32 Å². The fourth-order valence-corrected chi connectivity index (χ4v) is 2.13. The summed E-state index contributed by atoms with van der Waals surface area (Å²) in [5, 5.41) is 18.3. The highest BCUT2D eigenvalue weighted by Crippen LogP contribution is 2.35. The number of halogens is 2. The Morgan fingerprint density at radius 3 is 2.67 bits per heavy atom. The molecule has 0 fully saturated rings. The standard InChI is InChI=1S/C13H14ClFN4O2/c1-7(2)11-12(19(20)21)13(18(3)17-11)16-8-4-5-10(15)9(14)6-8/h4-7,16H,1-3H3. The first-order chi connectivity index (χ1) is 9.81. The van der Waals surface area contributed by atoms with E-state index in [4.69, 9.17) is 11.6 Å². The Bertz CT molecular complexity index is 700. The third kappa shape index (κ3) is 2.97. The van der Waals surface area contributed by atoms with Crippen LogP contribution in [0.3, 0.4) is 0 Å². The van der Waals surface area contributed by atoms with Gasteiger partial charge in [-0.1, -0.05) is 25.4 Å². The monoisotopic (exact) mass is 312 g/mol. The van der Waals surface area contributed by atoms with E-state index in [1.165, 1.54) is 22.9 Å². The Kier molecular flexibility index (Phi) is 4.13. The second-order valence-electron chi connectivity index (χ2n) is 4.87. The molecule has 0 bridgehead atoms. The zero-order chi connectivity index (χ0) is 15.7. The van der Waals surface area contributed by atoms with Crippen LogP contribution in [0.5, 0.6) is 0 Å². The highest BCUT2D eigenvalue weighted by molar-refractivity contribution is 6.31. The SMILES string of the molecule is CC(C)c1nn(C)c(Nc2ccc(F)c(Cl)c2)c1[N+](=O)[O-]. The molecule has 0 atom stereocenters. The highest BCUT2D eigenvalue weighted by Gasteiger charge is 2.28. The molecule has 6 nitrogen and oxygen atoms in total. The maximum Gasteiger partial charge on any atom is 0.334 e. The summed E-state index contributed by atoms with van der Waals surface area (Å²) in [5.41, 5.74) is 0.744. The van der Waals surface area contributed by atoms with Crippen LogP contribution in [0.1, 0.15) is 25.5 Å². The molecule has 0 spiro atoms. The zero-order valence-electron chi connectivity index (χ0n) is 11.7. The summed E-state index contributed by atoms with van der Waals surface area (Å²) < 4.78 is 14.5. The number of rotatable bonds is 4. The van der Waals surface area contributed by atoms with Crippen molar-refractivity contribution in [2.45, 2.75) is 19.8 Å². The summed E-state index contributed by atoms with van der Waals surface area (Å²) in [5.74, 6) is -0.417. The molecule has 0 aliphatic carbocycles. The lowest BCUT2D eigenvalue weighted by Gasteiger charge is -2.07. The number of hydrogen-bond acceptors (Lipinski definition) is 4. The second-order valence-corrected chi connectivity index (χ2v) is 5.28. The predicted molar refractivity (Wildman–Crippen MR) is 78.6 cm³/mol. The van der Waals surface area contributed by atoms with Gasteiger partial charge in [0.05, 0.1) is 9.95 Å². The number of hydrogen-bond donors (Lipinski definition) is 1. The summed E-state index contributed by atoms with van der Waals surface area (Å²) in [4.78, 5) is 10.8. The summed E-state index contributed by atoms with van der Waals surface area (Å²) in [6.07, 6.45) is 0. The molecule has 1 heterocycles. The van der Waals surface area contributed by atoms with Crippen LogP contribution in [0.25, 0.3) is 0 Å². The largest absolute Gasteiger partial charge is 0.335 e. The smallest absolute Gasteiger partial charge is 0.334 e. The van der Waals surface area contributed by atoms with Crippen LogP contribution in [0.15, 0.2) is 18.2 Å². The van der Waals surface area contributed by atoms with E-state index >= 15 is 0 Å². The third-order valence-corrected chi connectivity index (χ3v) is 3.25. The number of benzene rings is 1. The molecule has 0 radical (unpaired) electrons. The lowest BCUT2D eigenvalue weighted by Crippen LogP contribution is -2.01. The van der Waals surface area contributed by atoms with Crippen molar-refractivity contribution in [2.24, 2.45) is 7.05 Å². The molecule has 112 valence electrons. The van der Waals surface area contributed by atoms with Crippen molar-refractivity contribution < 1.29 is 9.31 Å². The molecule has 0 saturated carbocycles. The lowest BCUT2D eigenvalue weighted by atomic mass is 10.1. The summed E-state index contributed by atoms with van der Waals surface area (Å²) in [6, 6.07) is 4.01. The first-order valence-electron chi connectivity index (χ1n) is 6.24. The molecule has 0 unspecified atom stereocenters. The second kappa shape index (κ2) is 5.69. The quantitative estimate of drug-likeness (QED) is 0.684. The third-order valence-electron chi connectivity index (χ3n) is 2.96. The molecule has 2 rings (SSSR count). The van der Waals surface area contributed by atoms with Crippen LogP contribution >= 0.6 is 11.6 Å². The predicted octanol–water partition coefficient (Wildman–Crippen LogP) is 3.99. The van der Waals surface area contributed by atoms with Gasteiger partial charge in [-0.2, -0.15) is 5.10 Å². The van der Waals surface area contributed by atoms with E-state index in [9.17, 15) is 14.5 Å². The first-order valence-corrected chi connectivity index (χ1v) is 6.62. The maximum atomic E-state index is 13.1. The van der Waals surface area contributed by atoms with Gasteiger partial charge in [-0.05, 0) is 18.2 Å². The molecular formula is C13H14ClFN4O2. The number of nitrogens with one attached hydrogen (secondary N) is 1. The van der Waals surface area contributed by atoms with Crippen molar-refractivity contribution in [3.8, 4) is 0 Å². The van der Waals surface area contributed by atoms with Gasteiger partial charge in [0, 0.05) is 18.7 Å². The molecule has 2 aromatic rings. The molecule has 0 aliphatic rings. The van der Waals surface area contributed by atoms with Gasteiger partial charge in [-0.15, -0.1) is 0 Å². The summed E-state index contributed by atoms with van der Waals surface area (Å²) >= 11 is 5.71. The van der Waals surface area contributed by atoms with Crippen molar-refractivity contribution in [1.82, 2.24) is 9.78 Å². The van der Waals surface area contributed by atoms with Crippen molar-refractivity contribution in [3.05, 3.63) is 44.8 Å². The normalized spacial score (nSPS) is 11.0. The van der Waals surface area contributed by atoms with E-state index in [-0.39, 0.29) is 22.4 Å². The van der Waals surface area contributed by atoms with Gasteiger partial charge < -0.3 is 5.32 Å². The Balaban J connectivity index is 2.48. The average Bonchev–Trinajstić information content (AvgIpc) is 2.72. The molecule has 1 N–H and O–H groups in total. The fourth-order valence-electron chi connectivity index (χ4n) is 1.95. The topological polar surface area (TPSA) is 73.0 Å². The van der Waals surface area contributed by atoms with Gasteiger partial charge in [0.2, 0.25) is 5.82 Å². The Morgan fingerprint density at radius 2 is 2.14 bits per heavy atom. The van der Waals surface area contributed by atoms with Gasteiger partial charge in [0.25, 0.3) is 0 Å². The molecule has 1 aromatic heterocycles. The van der Waals surface area contributed by atoms with E-state index in [2.05, 4.69) is 10.4 Å². The number of nitro groups is 1. The molecule has 21 heavy (non-hydrogen) atoms. The van der Waals surface area contributed by atoms with Crippen molar-refractivity contribution >= 4 is 28.8 Å². The van der Waals surface area contributed by atoms with Crippen molar-refractivity contribution in [2.75, 3.05) is 5.32 Å². The minimum Gasteiger partial charge on any atom is -0.335 e. The Morgan fingerprint density at radius 1 is 1.48 bits per heavy atom. The average molecular weight is 313 g/mol. The van der Waals surface area contributed by atoms with Gasteiger partial charge >= 0.3 is 5.69 Å². The van der Waals surface area contributed by atoms with Crippen LogP contribution in [0, 0.1) is 15.9 Å². The van der Waals surface area contributed by atoms with Crippen LogP contribution in [-0.2, 0) is 7.05 Å². The maximum absolute atomic E-state index is 13.1. The van der Waals surface area contributed by atoms with Gasteiger partial charge in [-0.25, -0.2) is 9.07 Å². The number of aromatic nitrogens is 2. The molecular weight excluding hydrogens is 299 g/mol. The molecule has 0 aliphatic heterocycles. The van der Waals surface area contributed by atoms with Gasteiger partial charge in [-0.3, -0.25) is 10.1 Å². The highest BCUT2D eigenvalue weighted by atomic mass is 35.5. The zero-order valence-corrected chi connectivity index (χ0v) is 12.5. The van der Waals surface area contributed by atoms with E-state index in [0.29, 0.717) is 11.4 Å². The van der Waals surface area contributed by atoms with Crippen LogP contribution in [-0.4, -0.2) is 14.7 Å². The van der Waals surface area contributed by atoms with E-state index < -0.39 is 10.7 Å². The first kappa shape index (κ1) is 15.2. The summed E-state index contributed by atoms with van der Waals surface area (Å²) in [6.45, 7) is 3.65. The van der Waals surface area contributed by atoms with E-state index in [0.717, 1.165) is 0 Å². The minimum absolute atomic E-state index is 0.0612. The van der Waals surface area contributed by atoms with Gasteiger partial charge in [0.1, 0.15) is 11.5 Å². The van der Waals surface area contributed by atoms with Crippen LogP contribution in [0.2, 0.25) is 5.02 Å². The van der Waals surface area contributed by atoms with E-state index in [1.807, 2.05) is 13.8 Å². The minimum atomic E-state index is -0.551. The van der Waals surface area contributed by atoms with Crippen molar-refractivity contribution in [1.29, 1.82) is 0 Å². The number of aryl methyl sites for hydroxylation is 1. The molecule has 0 amide bonds. The molecule has 0 saturated heterocycles. The fraction of sp³-hybridized carbons (Fsp3) is 0.308. The molecule has 1 aromatic carbocycles. The number of anilines is 2. The van der Waals surface area contributed by atoms with Crippen molar-refractivity contribution in [3.63, 3.8) is 0 Å². The lowest BCUT2D eigenvalue weighted by molar-refractivity contribution is -0.384. The Labute approximate surface area is 125 Å². The summed E-state index contributed by atoms with van der Waals surface area (Å²) in [7, 11) is 1.60. The number of nitrogens with zero attached hydrogens (tertiary/aromatic N) is 3. The van der Waals surface area contributed by atoms with Gasteiger partial charge in [0.15, 0.2) is 0 Å². The van der Waals surface area contributed by atoms with Crippen LogP contribution in [0.4, 0.5) is 21.6 Å².